The number of nitro groups is 1. The van der Waals surface area contributed by atoms with Crippen molar-refractivity contribution in [3.63, 3.8) is 0 Å². The predicted molar refractivity (Wildman–Crippen MR) is 90.9 cm³/mol. The lowest BCUT2D eigenvalue weighted by Gasteiger charge is -2.08. The minimum atomic E-state index is -0.783. The fourth-order valence-electron chi connectivity index (χ4n) is 2.47. The molecule has 0 radical (unpaired) electrons. The average molecular weight is 373 g/mol. The van der Waals surface area contributed by atoms with E-state index in [1.54, 1.807) is 12.1 Å². The van der Waals surface area contributed by atoms with E-state index in [2.05, 4.69) is 20.8 Å². The molecule has 2 amide bonds. The first kappa shape index (κ1) is 17.8. The van der Waals surface area contributed by atoms with Crippen LogP contribution in [0.4, 0.5) is 11.4 Å². The third kappa shape index (κ3) is 3.53. The highest BCUT2D eigenvalue weighted by Gasteiger charge is 2.27. The largest absolute Gasteiger partial charge is 0.467 e. The van der Waals surface area contributed by atoms with Gasteiger partial charge in [-0.25, -0.2) is 0 Å². The quantitative estimate of drug-likeness (QED) is 0.480. The number of carbonyl (C=O) groups excluding carboxylic acids is 2. The summed E-state index contributed by atoms with van der Waals surface area (Å²) in [5, 5.41) is 23.9. The van der Waals surface area contributed by atoms with Gasteiger partial charge in [0, 0.05) is 14.1 Å². The van der Waals surface area contributed by atoms with Crippen LogP contribution in [0.15, 0.2) is 35.2 Å². The normalized spacial score (nSPS) is 10.6. The maximum atomic E-state index is 12.5. The van der Waals surface area contributed by atoms with Crippen LogP contribution in [0.2, 0.25) is 0 Å². The second-order valence-corrected chi connectivity index (χ2v) is 5.51. The van der Waals surface area contributed by atoms with Crippen LogP contribution in [0.1, 0.15) is 26.7 Å². The van der Waals surface area contributed by atoms with Gasteiger partial charge >= 0.3 is 5.69 Å². The van der Waals surface area contributed by atoms with E-state index in [1.807, 2.05) is 0 Å². The van der Waals surface area contributed by atoms with Crippen LogP contribution in [0.25, 0.3) is 0 Å². The minimum absolute atomic E-state index is 0.0831. The molecule has 0 aliphatic carbocycles. The highest BCUT2D eigenvalue weighted by atomic mass is 16.6. The summed E-state index contributed by atoms with van der Waals surface area (Å²) in [6.45, 7) is 0.150. The summed E-state index contributed by atoms with van der Waals surface area (Å²) in [5.74, 6) is -0.724. The zero-order chi connectivity index (χ0) is 19.6. The van der Waals surface area contributed by atoms with Crippen LogP contribution >= 0.6 is 0 Å². The predicted octanol–water partition coefficient (Wildman–Crippen LogP) is 0.837. The number of nitrogens with one attached hydrogen (secondary N) is 2. The van der Waals surface area contributed by atoms with Crippen molar-refractivity contribution in [3.8, 4) is 0 Å². The Kier molecular flexibility index (Phi) is 4.70. The molecule has 0 atom stereocenters. The lowest BCUT2D eigenvalue weighted by molar-refractivity contribution is -0.385. The van der Waals surface area contributed by atoms with Crippen molar-refractivity contribution in [2.24, 2.45) is 14.1 Å². The van der Waals surface area contributed by atoms with Gasteiger partial charge in [0.2, 0.25) is 5.69 Å². The molecule has 3 aromatic rings. The molecule has 3 aromatic heterocycles. The van der Waals surface area contributed by atoms with Crippen molar-refractivity contribution in [2.75, 3.05) is 5.32 Å². The summed E-state index contributed by atoms with van der Waals surface area (Å²) in [7, 11) is 2.94. The fraction of sp³-hybridized carbons (Fsp3) is 0.200. The molecule has 0 unspecified atom stereocenters. The smallest absolute Gasteiger partial charge is 0.320 e. The molecular formula is C15H15N7O5. The first-order valence-electron chi connectivity index (χ1n) is 7.68. The van der Waals surface area contributed by atoms with Gasteiger partial charge in [0.05, 0.1) is 29.6 Å². The van der Waals surface area contributed by atoms with E-state index >= 15 is 0 Å². The average Bonchev–Trinajstić information content (AvgIpc) is 3.33. The van der Waals surface area contributed by atoms with Crippen LogP contribution in [-0.2, 0) is 20.6 Å². The summed E-state index contributed by atoms with van der Waals surface area (Å²) < 4.78 is 7.51. The molecule has 3 heterocycles. The van der Waals surface area contributed by atoms with Crippen LogP contribution in [-0.4, -0.2) is 36.3 Å². The number of furan rings is 1. The molecule has 3 rings (SSSR count). The molecule has 0 fully saturated rings. The summed E-state index contributed by atoms with van der Waals surface area (Å²) in [5.41, 5.74) is -0.497. The van der Waals surface area contributed by atoms with Crippen molar-refractivity contribution in [3.05, 3.63) is 58.1 Å². The Hall–Kier alpha value is -3.96. The monoisotopic (exact) mass is 373 g/mol. The van der Waals surface area contributed by atoms with Crippen LogP contribution in [0, 0.1) is 10.1 Å². The van der Waals surface area contributed by atoms with Gasteiger partial charge < -0.3 is 15.1 Å². The number of hydrogen-bond donors (Lipinski definition) is 2. The number of aryl methyl sites for hydroxylation is 2. The molecule has 2 N–H and O–H groups in total. The molecule has 12 heteroatoms. The number of anilines is 1. The second kappa shape index (κ2) is 7.11. The Bertz CT molecular complexity index is 1000. The summed E-state index contributed by atoms with van der Waals surface area (Å²) in [4.78, 5) is 35.3. The minimum Gasteiger partial charge on any atom is -0.467 e. The van der Waals surface area contributed by atoms with E-state index in [0.717, 1.165) is 10.9 Å². The van der Waals surface area contributed by atoms with E-state index < -0.39 is 22.4 Å². The molecule has 0 saturated carbocycles. The van der Waals surface area contributed by atoms with Gasteiger partial charge in [-0.3, -0.25) is 29.1 Å². The van der Waals surface area contributed by atoms with Crippen molar-refractivity contribution in [1.29, 1.82) is 0 Å². The molecule has 0 bridgehead atoms. The SMILES string of the molecule is Cn1ncc(NC(=O)c2c([N+](=O)[O-])cnn2C)c1C(=O)NCc1ccco1. The Labute approximate surface area is 151 Å². The second-order valence-electron chi connectivity index (χ2n) is 5.51. The van der Waals surface area contributed by atoms with Crippen LogP contribution < -0.4 is 10.6 Å². The maximum Gasteiger partial charge on any atom is 0.320 e. The van der Waals surface area contributed by atoms with Crippen molar-refractivity contribution in [1.82, 2.24) is 24.9 Å². The number of rotatable bonds is 6. The first-order chi connectivity index (χ1) is 12.9. The summed E-state index contributed by atoms with van der Waals surface area (Å²) in [6, 6.07) is 3.39. The number of amides is 2. The van der Waals surface area contributed by atoms with E-state index in [4.69, 9.17) is 4.42 Å². The third-order valence-corrected chi connectivity index (χ3v) is 3.74. The van der Waals surface area contributed by atoms with Gasteiger partial charge in [-0.15, -0.1) is 0 Å². The Morgan fingerprint density at radius 1 is 1.19 bits per heavy atom. The Morgan fingerprint density at radius 2 is 1.89 bits per heavy atom. The van der Waals surface area contributed by atoms with E-state index in [0.29, 0.717) is 5.76 Å². The summed E-state index contributed by atoms with van der Waals surface area (Å²) in [6.07, 6.45) is 3.75. The zero-order valence-electron chi connectivity index (χ0n) is 14.4. The fourth-order valence-corrected chi connectivity index (χ4v) is 2.47. The molecule has 0 saturated heterocycles. The number of carbonyl (C=O) groups is 2. The highest BCUT2D eigenvalue weighted by molar-refractivity contribution is 6.09. The van der Waals surface area contributed by atoms with Crippen molar-refractivity contribution >= 4 is 23.2 Å². The highest BCUT2D eigenvalue weighted by Crippen LogP contribution is 2.20. The summed E-state index contributed by atoms with van der Waals surface area (Å²) >= 11 is 0. The third-order valence-electron chi connectivity index (χ3n) is 3.74. The lowest BCUT2D eigenvalue weighted by Crippen LogP contribution is -2.27. The molecular weight excluding hydrogens is 358 g/mol. The topological polar surface area (TPSA) is 150 Å². The van der Waals surface area contributed by atoms with Gasteiger partial charge in [0.25, 0.3) is 11.8 Å². The van der Waals surface area contributed by atoms with Crippen molar-refractivity contribution in [2.45, 2.75) is 6.54 Å². The molecule has 0 spiro atoms. The Balaban J connectivity index is 1.80. The number of hydrogen-bond acceptors (Lipinski definition) is 7. The van der Waals surface area contributed by atoms with E-state index in [9.17, 15) is 19.7 Å². The van der Waals surface area contributed by atoms with Gasteiger partial charge in [0.1, 0.15) is 17.7 Å². The number of nitrogens with zero attached hydrogens (tertiary/aromatic N) is 5. The van der Waals surface area contributed by atoms with E-state index in [-0.39, 0.29) is 23.6 Å². The van der Waals surface area contributed by atoms with Gasteiger partial charge in [-0.05, 0) is 12.1 Å². The zero-order valence-corrected chi connectivity index (χ0v) is 14.4. The lowest BCUT2D eigenvalue weighted by atomic mass is 10.3. The van der Waals surface area contributed by atoms with Gasteiger partial charge in [-0.1, -0.05) is 0 Å². The van der Waals surface area contributed by atoms with Crippen LogP contribution in [0.5, 0.6) is 0 Å². The standard InChI is InChI=1S/C15H15N7O5/c1-20-12(14(23)16-6-9-4-3-5-27-9)10(7-17-20)19-15(24)13-11(22(25)26)8-18-21(13)2/h3-5,7-8H,6H2,1-2H3,(H,16,23)(H,19,24). The maximum absolute atomic E-state index is 12.5. The molecule has 0 aliphatic rings. The molecule has 27 heavy (non-hydrogen) atoms. The number of aromatic nitrogens is 4. The Morgan fingerprint density at radius 3 is 2.56 bits per heavy atom. The van der Waals surface area contributed by atoms with Crippen LogP contribution in [0.3, 0.4) is 0 Å². The van der Waals surface area contributed by atoms with Gasteiger partial charge in [0.15, 0.2) is 0 Å². The molecule has 0 aliphatic heterocycles. The molecule has 0 aromatic carbocycles. The molecule has 12 nitrogen and oxygen atoms in total. The van der Waals surface area contributed by atoms with E-state index in [1.165, 1.54) is 31.2 Å². The van der Waals surface area contributed by atoms with Crippen molar-refractivity contribution < 1.29 is 18.9 Å². The molecule has 140 valence electrons. The first-order valence-corrected chi connectivity index (χ1v) is 7.68. The van der Waals surface area contributed by atoms with Gasteiger partial charge in [-0.2, -0.15) is 10.2 Å².